The Balaban J connectivity index is 2.52. The predicted octanol–water partition coefficient (Wildman–Crippen LogP) is 3.49. The number of hydrogen-bond acceptors (Lipinski definition) is 5. The summed E-state index contributed by atoms with van der Waals surface area (Å²) in [7, 11) is 0. The van der Waals surface area contributed by atoms with Crippen molar-refractivity contribution in [2.45, 2.75) is 33.6 Å². The average molecular weight is 286 g/mol. The Morgan fingerprint density at radius 1 is 1.19 bits per heavy atom. The lowest BCUT2D eigenvalue weighted by atomic mass is 9.98. The van der Waals surface area contributed by atoms with Gasteiger partial charge in [-0.2, -0.15) is 0 Å². The molecule has 0 bridgehead atoms. The van der Waals surface area contributed by atoms with Gasteiger partial charge in [-0.25, -0.2) is 9.97 Å². The first-order valence-electron chi connectivity index (χ1n) is 7.34. The molecule has 0 saturated heterocycles. The van der Waals surface area contributed by atoms with Gasteiger partial charge in [-0.1, -0.05) is 13.8 Å². The molecular formula is C16H22N4O. The normalized spacial score (nSPS) is 10.7. The number of ether oxygens (including phenoxy) is 1. The first-order valence-corrected chi connectivity index (χ1v) is 7.34. The maximum Gasteiger partial charge on any atom is 0.138 e. The third-order valence-electron chi connectivity index (χ3n) is 3.10. The molecule has 5 heteroatoms. The van der Waals surface area contributed by atoms with Crippen molar-refractivity contribution in [2.24, 2.45) is 0 Å². The maximum absolute atomic E-state index is 5.52. The SMILES string of the molecule is CCNc1ncnc(-c2cncc(OCC)c2)c1C(C)C. The van der Waals surface area contributed by atoms with E-state index < -0.39 is 0 Å². The van der Waals surface area contributed by atoms with Gasteiger partial charge in [0.25, 0.3) is 0 Å². The molecule has 0 radical (unpaired) electrons. The molecule has 0 amide bonds. The largest absolute Gasteiger partial charge is 0.492 e. The van der Waals surface area contributed by atoms with Gasteiger partial charge >= 0.3 is 0 Å². The summed E-state index contributed by atoms with van der Waals surface area (Å²) in [6.07, 6.45) is 5.12. The molecule has 21 heavy (non-hydrogen) atoms. The Morgan fingerprint density at radius 2 is 2.00 bits per heavy atom. The Labute approximate surface area is 125 Å². The molecule has 2 heterocycles. The average Bonchev–Trinajstić information content (AvgIpc) is 2.48. The van der Waals surface area contributed by atoms with Crippen molar-refractivity contribution in [2.75, 3.05) is 18.5 Å². The van der Waals surface area contributed by atoms with Crippen LogP contribution in [0.25, 0.3) is 11.3 Å². The lowest BCUT2D eigenvalue weighted by molar-refractivity contribution is 0.339. The summed E-state index contributed by atoms with van der Waals surface area (Å²) in [6, 6.07) is 1.97. The highest BCUT2D eigenvalue weighted by Gasteiger charge is 2.16. The van der Waals surface area contributed by atoms with E-state index >= 15 is 0 Å². The van der Waals surface area contributed by atoms with Crippen molar-refractivity contribution in [1.29, 1.82) is 0 Å². The molecule has 0 saturated carbocycles. The summed E-state index contributed by atoms with van der Waals surface area (Å²) in [5.41, 5.74) is 2.96. The van der Waals surface area contributed by atoms with Crippen molar-refractivity contribution in [3.8, 4) is 17.0 Å². The number of aromatic nitrogens is 3. The van der Waals surface area contributed by atoms with Gasteiger partial charge in [0.2, 0.25) is 0 Å². The number of hydrogen-bond donors (Lipinski definition) is 1. The van der Waals surface area contributed by atoms with Crippen LogP contribution in [0.4, 0.5) is 5.82 Å². The summed E-state index contributed by atoms with van der Waals surface area (Å²) in [5.74, 6) is 1.96. The highest BCUT2D eigenvalue weighted by molar-refractivity contribution is 5.69. The summed E-state index contributed by atoms with van der Waals surface area (Å²) < 4.78 is 5.52. The highest BCUT2D eigenvalue weighted by Crippen LogP contribution is 2.32. The minimum atomic E-state index is 0.311. The van der Waals surface area contributed by atoms with Gasteiger partial charge in [-0.3, -0.25) is 4.98 Å². The first kappa shape index (κ1) is 15.2. The van der Waals surface area contributed by atoms with Crippen LogP contribution in [0.1, 0.15) is 39.2 Å². The second kappa shape index (κ2) is 7.02. The van der Waals surface area contributed by atoms with Crippen LogP contribution < -0.4 is 10.1 Å². The van der Waals surface area contributed by atoms with E-state index in [0.29, 0.717) is 12.5 Å². The summed E-state index contributed by atoms with van der Waals surface area (Å²) in [4.78, 5) is 13.1. The smallest absolute Gasteiger partial charge is 0.138 e. The zero-order valence-electron chi connectivity index (χ0n) is 13.1. The summed E-state index contributed by atoms with van der Waals surface area (Å²) >= 11 is 0. The van der Waals surface area contributed by atoms with Gasteiger partial charge in [-0.05, 0) is 25.8 Å². The van der Waals surface area contributed by atoms with Crippen molar-refractivity contribution in [3.63, 3.8) is 0 Å². The van der Waals surface area contributed by atoms with E-state index in [1.807, 2.05) is 19.2 Å². The monoisotopic (exact) mass is 286 g/mol. The first-order chi connectivity index (χ1) is 10.2. The number of pyridine rings is 1. The predicted molar refractivity (Wildman–Crippen MR) is 84.7 cm³/mol. The van der Waals surface area contributed by atoms with Gasteiger partial charge in [0.05, 0.1) is 18.5 Å². The van der Waals surface area contributed by atoms with Crippen LogP contribution in [0.15, 0.2) is 24.8 Å². The van der Waals surface area contributed by atoms with Crippen LogP contribution in [0.3, 0.4) is 0 Å². The molecule has 0 aliphatic heterocycles. The standard InChI is InChI=1S/C16H22N4O/c1-5-18-16-14(11(3)4)15(19-10-20-16)12-7-13(21-6-2)9-17-8-12/h7-11H,5-6H2,1-4H3,(H,18,19,20). The van der Waals surface area contributed by atoms with E-state index in [2.05, 4.69) is 41.0 Å². The molecule has 0 aliphatic carbocycles. The molecule has 0 aromatic carbocycles. The summed E-state index contributed by atoms with van der Waals surface area (Å²) in [5, 5.41) is 3.30. The number of nitrogens with zero attached hydrogens (tertiary/aromatic N) is 3. The molecule has 0 spiro atoms. The molecule has 5 nitrogen and oxygen atoms in total. The quantitative estimate of drug-likeness (QED) is 0.880. The molecule has 1 N–H and O–H groups in total. The molecular weight excluding hydrogens is 264 g/mol. The van der Waals surface area contributed by atoms with Crippen LogP contribution in [0, 0.1) is 0 Å². The Hall–Kier alpha value is -2.17. The van der Waals surface area contributed by atoms with Crippen molar-refractivity contribution < 1.29 is 4.74 Å². The topological polar surface area (TPSA) is 59.9 Å². The van der Waals surface area contributed by atoms with E-state index in [0.717, 1.165) is 34.9 Å². The van der Waals surface area contributed by atoms with E-state index in [1.165, 1.54) is 0 Å². The van der Waals surface area contributed by atoms with E-state index in [4.69, 9.17) is 4.74 Å². The van der Waals surface area contributed by atoms with Gasteiger partial charge in [0, 0.05) is 23.9 Å². The van der Waals surface area contributed by atoms with Crippen LogP contribution in [0.5, 0.6) is 5.75 Å². The van der Waals surface area contributed by atoms with E-state index in [1.54, 1.807) is 12.5 Å². The number of anilines is 1. The molecule has 0 fully saturated rings. The van der Waals surface area contributed by atoms with Crippen LogP contribution in [0.2, 0.25) is 0 Å². The van der Waals surface area contributed by atoms with Gasteiger partial charge < -0.3 is 10.1 Å². The molecule has 2 rings (SSSR count). The Bertz CT molecular complexity index is 599. The Morgan fingerprint density at radius 3 is 2.67 bits per heavy atom. The fourth-order valence-corrected chi connectivity index (χ4v) is 2.27. The van der Waals surface area contributed by atoms with Crippen LogP contribution >= 0.6 is 0 Å². The van der Waals surface area contributed by atoms with Gasteiger partial charge in [0.1, 0.15) is 17.9 Å². The second-order valence-electron chi connectivity index (χ2n) is 5.01. The number of rotatable bonds is 6. The third-order valence-corrected chi connectivity index (χ3v) is 3.10. The fourth-order valence-electron chi connectivity index (χ4n) is 2.27. The third kappa shape index (κ3) is 3.48. The molecule has 112 valence electrons. The van der Waals surface area contributed by atoms with Crippen LogP contribution in [-0.2, 0) is 0 Å². The van der Waals surface area contributed by atoms with Gasteiger partial charge in [0.15, 0.2) is 0 Å². The Kier molecular flexibility index (Phi) is 5.09. The van der Waals surface area contributed by atoms with Crippen molar-refractivity contribution >= 4 is 5.82 Å². The molecule has 0 aliphatic rings. The molecule has 0 atom stereocenters. The van der Waals surface area contributed by atoms with Gasteiger partial charge in [-0.15, -0.1) is 0 Å². The number of nitrogens with one attached hydrogen (secondary N) is 1. The van der Waals surface area contributed by atoms with E-state index in [9.17, 15) is 0 Å². The zero-order chi connectivity index (χ0) is 15.2. The summed E-state index contributed by atoms with van der Waals surface area (Å²) in [6.45, 7) is 9.75. The fraction of sp³-hybridized carbons (Fsp3) is 0.438. The minimum Gasteiger partial charge on any atom is -0.492 e. The lowest BCUT2D eigenvalue weighted by Gasteiger charge is -2.16. The molecule has 0 unspecified atom stereocenters. The highest BCUT2D eigenvalue weighted by atomic mass is 16.5. The zero-order valence-corrected chi connectivity index (χ0v) is 13.1. The van der Waals surface area contributed by atoms with Crippen molar-refractivity contribution in [1.82, 2.24) is 15.0 Å². The van der Waals surface area contributed by atoms with Crippen LogP contribution in [-0.4, -0.2) is 28.1 Å². The second-order valence-corrected chi connectivity index (χ2v) is 5.01. The van der Waals surface area contributed by atoms with Crippen molar-refractivity contribution in [3.05, 3.63) is 30.4 Å². The van der Waals surface area contributed by atoms with E-state index in [-0.39, 0.29) is 0 Å². The molecule has 2 aromatic rings. The minimum absolute atomic E-state index is 0.311. The lowest BCUT2D eigenvalue weighted by Crippen LogP contribution is -2.07. The maximum atomic E-state index is 5.52. The molecule has 2 aromatic heterocycles.